The van der Waals surface area contributed by atoms with Gasteiger partial charge in [-0.05, 0) is 43.9 Å². The molecule has 0 aliphatic rings. The number of carboxylic acid groups (broad SMARTS) is 2. The van der Waals surface area contributed by atoms with Gasteiger partial charge in [0.15, 0.2) is 0 Å². The zero-order chi connectivity index (χ0) is 42.1. The second-order valence-electron chi connectivity index (χ2n) is 13.5. The molecule has 9 N–H and O–H groups in total. The van der Waals surface area contributed by atoms with Crippen molar-refractivity contribution in [3.8, 4) is 0 Å². The van der Waals surface area contributed by atoms with E-state index in [2.05, 4.69) is 36.9 Å². The van der Waals surface area contributed by atoms with Crippen molar-refractivity contribution in [3.05, 3.63) is 66.0 Å². The number of rotatable bonds is 22. The standard InChI is InChI=1S/C37H49N7O12/c1-19(2)15-26(43-37(56)31(21(4)45)44-36(55)27(40-22(5)46)16-23-11-7-6-8-12-23)35(54)42-28(18-30(49)50)34(53)39-20(3)33(52)41-25(17-29(47)48)32(51)24-13-9-10-14-38-24/h6-14,19-21,25-28,31,45H,15-18H2,1-5H3,(H,39,53)(H,40,46)(H,41,52)(H,42,54)(H,43,56)(H,44,55)(H,47,48)(H,49,50)/t20-,21-,25-,26-,27-,28-,31-/m0/s1. The van der Waals surface area contributed by atoms with Crippen LogP contribution in [0.1, 0.15) is 69.9 Å². The number of carboxylic acids is 2. The number of benzene rings is 1. The normalized spacial score (nSPS) is 14.6. The highest BCUT2D eigenvalue weighted by molar-refractivity contribution is 6.03. The number of nitrogens with zero attached hydrogens (tertiary/aromatic N) is 1. The molecule has 1 aromatic heterocycles. The molecule has 19 nitrogen and oxygen atoms in total. The first kappa shape index (κ1) is 45.9. The fraction of sp³-hybridized carbons (Fsp3) is 0.459. The monoisotopic (exact) mass is 783 g/mol. The zero-order valence-corrected chi connectivity index (χ0v) is 31.6. The minimum absolute atomic E-state index is 0.0456. The summed E-state index contributed by atoms with van der Waals surface area (Å²) in [6.45, 7) is 7.02. The van der Waals surface area contributed by atoms with Crippen LogP contribution in [0, 0.1) is 5.92 Å². The maximum absolute atomic E-state index is 13.6. The molecule has 1 aromatic carbocycles. The van der Waals surface area contributed by atoms with E-state index in [1.807, 2.05) is 0 Å². The first-order chi connectivity index (χ1) is 26.3. The Kier molecular flexibility index (Phi) is 18.2. The van der Waals surface area contributed by atoms with E-state index in [0.29, 0.717) is 5.56 Å². The van der Waals surface area contributed by atoms with E-state index in [1.54, 1.807) is 44.2 Å². The molecule has 0 saturated carbocycles. The van der Waals surface area contributed by atoms with Crippen molar-refractivity contribution < 1.29 is 58.5 Å². The van der Waals surface area contributed by atoms with Crippen molar-refractivity contribution >= 4 is 53.2 Å². The van der Waals surface area contributed by atoms with Gasteiger partial charge in [-0.2, -0.15) is 0 Å². The molecule has 0 unspecified atom stereocenters. The number of pyridine rings is 1. The molecule has 1 heterocycles. The summed E-state index contributed by atoms with van der Waals surface area (Å²) in [6.07, 6.45) is -1.97. The number of nitrogens with one attached hydrogen (secondary N) is 6. The first-order valence-electron chi connectivity index (χ1n) is 17.7. The van der Waals surface area contributed by atoms with E-state index in [1.165, 1.54) is 45.2 Å². The van der Waals surface area contributed by atoms with Crippen LogP contribution in [0.5, 0.6) is 0 Å². The average molecular weight is 784 g/mol. The zero-order valence-electron chi connectivity index (χ0n) is 31.6. The number of ketones is 1. The maximum Gasteiger partial charge on any atom is 0.305 e. The van der Waals surface area contributed by atoms with Crippen molar-refractivity contribution in [2.45, 2.75) is 103 Å². The average Bonchev–Trinajstić information content (AvgIpc) is 3.12. The molecule has 2 rings (SSSR count). The van der Waals surface area contributed by atoms with Gasteiger partial charge in [0.25, 0.3) is 0 Å². The van der Waals surface area contributed by atoms with E-state index in [-0.39, 0.29) is 24.5 Å². The number of hydrogen-bond acceptors (Lipinski definition) is 11. The fourth-order valence-electron chi connectivity index (χ4n) is 5.33. The number of Topliss-reactive ketones (excluding diaryl/α,β-unsaturated/α-hetero) is 1. The van der Waals surface area contributed by atoms with Crippen LogP contribution in [0.4, 0.5) is 0 Å². The van der Waals surface area contributed by atoms with Crippen molar-refractivity contribution in [2.75, 3.05) is 0 Å². The first-order valence-corrected chi connectivity index (χ1v) is 17.7. The molecule has 0 saturated heterocycles. The summed E-state index contributed by atoms with van der Waals surface area (Å²) in [4.78, 5) is 118. The molecular weight excluding hydrogens is 734 g/mol. The van der Waals surface area contributed by atoms with E-state index in [9.17, 15) is 58.5 Å². The Morgan fingerprint density at radius 2 is 1.14 bits per heavy atom. The topological polar surface area (TPSA) is 299 Å². The molecular formula is C37H49N7O12. The Hall–Kier alpha value is -6.24. The molecule has 304 valence electrons. The van der Waals surface area contributed by atoms with Crippen LogP contribution in [-0.2, 0) is 44.8 Å². The molecule has 0 fully saturated rings. The van der Waals surface area contributed by atoms with Crippen LogP contribution in [0.15, 0.2) is 54.7 Å². The maximum atomic E-state index is 13.6. The van der Waals surface area contributed by atoms with Gasteiger partial charge in [-0.15, -0.1) is 0 Å². The number of aromatic nitrogens is 1. The largest absolute Gasteiger partial charge is 0.481 e. The predicted octanol–water partition coefficient (Wildman–Crippen LogP) is -1.17. The second-order valence-corrected chi connectivity index (χ2v) is 13.5. The Morgan fingerprint density at radius 1 is 0.607 bits per heavy atom. The van der Waals surface area contributed by atoms with Gasteiger partial charge in [-0.1, -0.05) is 50.2 Å². The lowest BCUT2D eigenvalue weighted by atomic mass is 10.0. The number of aliphatic carboxylic acids is 2. The molecule has 19 heteroatoms. The van der Waals surface area contributed by atoms with E-state index < -0.39 is 108 Å². The van der Waals surface area contributed by atoms with Gasteiger partial charge in [0, 0.05) is 19.5 Å². The molecule has 0 aliphatic heterocycles. The Bertz CT molecular complexity index is 1720. The van der Waals surface area contributed by atoms with Crippen LogP contribution < -0.4 is 31.9 Å². The van der Waals surface area contributed by atoms with Gasteiger partial charge >= 0.3 is 11.9 Å². The smallest absolute Gasteiger partial charge is 0.305 e. The lowest BCUT2D eigenvalue weighted by Gasteiger charge is -2.28. The Morgan fingerprint density at radius 3 is 1.68 bits per heavy atom. The minimum Gasteiger partial charge on any atom is -0.481 e. The van der Waals surface area contributed by atoms with Gasteiger partial charge in [0.05, 0.1) is 18.9 Å². The van der Waals surface area contributed by atoms with Crippen LogP contribution in [0.2, 0.25) is 0 Å². The van der Waals surface area contributed by atoms with Crippen molar-refractivity contribution in [1.29, 1.82) is 0 Å². The number of carbonyl (C=O) groups excluding carboxylic acids is 7. The van der Waals surface area contributed by atoms with Crippen LogP contribution in [0.25, 0.3) is 0 Å². The summed E-state index contributed by atoms with van der Waals surface area (Å²) in [5.74, 6) is -9.49. The highest BCUT2D eigenvalue weighted by atomic mass is 16.4. The third-order valence-corrected chi connectivity index (χ3v) is 8.07. The lowest BCUT2D eigenvalue weighted by Crippen LogP contribution is -2.61. The van der Waals surface area contributed by atoms with Crippen molar-refractivity contribution in [3.63, 3.8) is 0 Å². The molecule has 6 amide bonds. The van der Waals surface area contributed by atoms with E-state index in [4.69, 9.17) is 0 Å². The summed E-state index contributed by atoms with van der Waals surface area (Å²) in [5.41, 5.74) is 0.573. The molecule has 7 atom stereocenters. The van der Waals surface area contributed by atoms with Crippen molar-refractivity contribution in [2.24, 2.45) is 5.92 Å². The summed E-state index contributed by atoms with van der Waals surface area (Å²) in [5, 5.41) is 43.4. The number of hydrogen-bond donors (Lipinski definition) is 9. The van der Waals surface area contributed by atoms with Gasteiger partial charge < -0.3 is 47.2 Å². The molecule has 56 heavy (non-hydrogen) atoms. The summed E-state index contributed by atoms with van der Waals surface area (Å²) >= 11 is 0. The third-order valence-electron chi connectivity index (χ3n) is 8.07. The molecule has 0 radical (unpaired) electrons. The highest BCUT2D eigenvalue weighted by Gasteiger charge is 2.35. The second kappa shape index (κ2) is 22.2. The summed E-state index contributed by atoms with van der Waals surface area (Å²) < 4.78 is 0. The van der Waals surface area contributed by atoms with Crippen LogP contribution >= 0.6 is 0 Å². The number of aliphatic hydroxyl groups excluding tert-OH is 1. The van der Waals surface area contributed by atoms with Gasteiger partial charge in [-0.25, -0.2) is 0 Å². The fourth-order valence-corrected chi connectivity index (χ4v) is 5.33. The van der Waals surface area contributed by atoms with Crippen LogP contribution in [-0.4, -0.2) is 116 Å². The third kappa shape index (κ3) is 15.6. The molecule has 0 spiro atoms. The summed E-state index contributed by atoms with van der Waals surface area (Å²) in [6, 6.07) is 4.02. The molecule has 2 aromatic rings. The van der Waals surface area contributed by atoms with E-state index >= 15 is 0 Å². The lowest BCUT2D eigenvalue weighted by molar-refractivity contribution is -0.141. The van der Waals surface area contributed by atoms with Gasteiger partial charge in [-0.3, -0.25) is 48.1 Å². The number of amides is 6. The molecule has 0 aliphatic carbocycles. The highest BCUT2D eigenvalue weighted by Crippen LogP contribution is 2.10. The number of carbonyl (C=O) groups is 9. The Labute approximate surface area is 322 Å². The SMILES string of the molecule is CC(=O)N[C@@H](Cc1ccccc1)C(=O)N[C@H](C(=O)N[C@@H](CC(C)C)C(=O)N[C@@H](CC(=O)O)C(=O)N[C@@H](C)C(=O)N[C@@H](CC(=O)O)C(=O)c1ccccn1)[C@H](C)O. The minimum atomic E-state index is -1.80. The van der Waals surface area contributed by atoms with E-state index in [0.717, 1.165) is 0 Å². The number of aliphatic hydroxyl groups is 1. The van der Waals surface area contributed by atoms with Crippen molar-refractivity contribution in [1.82, 2.24) is 36.9 Å². The summed E-state index contributed by atoms with van der Waals surface area (Å²) in [7, 11) is 0. The van der Waals surface area contributed by atoms with Gasteiger partial charge in [0.1, 0.15) is 41.9 Å². The quantitative estimate of drug-likeness (QED) is 0.0637. The van der Waals surface area contributed by atoms with Crippen LogP contribution in [0.3, 0.4) is 0 Å². The van der Waals surface area contributed by atoms with Gasteiger partial charge in [0.2, 0.25) is 41.2 Å². The Balaban J connectivity index is 2.21. The predicted molar refractivity (Wildman–Crippen MR) is 197 cm³/mol. The molecule has 0 bridgehead atoms.